The van der Waals surface area contributed by atoms with Crippen LogP contribution in [0.4, 0.5) is 4.39 Å². The number of rotatable bonds is 4. The molecule has 2 N–H and O–H groups in total. The molecule has 0 fully saturated rings. The fourth-order valence-corrected chi connectivity index (χ4v) is 1.41. The highest BCUT2D eigenvalue weighted by atomic mass is 19.1. The van der Waals surface area contributed by atoms with E-state index in [1.807, 2.05) is 0 Å². The number of carbonyl (C=O) groups excluding carboxylic acids is 1. The summed E-state index contributed by atoms with van der Waals surface area (Å²) in [4.78, 5) is 18.8. The van der Waals surface area contributed by atoms with Gasteiger partial charge in [0.25, 0.3) is 5.88 Å². The van der Waals surface area contributed by atoms with Crippen molar-refractivity contribution in [3.8, 4) is 11.6 Å². The third kappa shape index (κ3) is 3.04. The largest absolute Gasteiger partial charge is 0.435 e. The van der Waals surface area contributed by atoms with Crippen molar-refractivity contribution in [2.24, 2.45) is 5.73 Å². The second-order valence-corrected chi connectivity index (χ2v) is 3.94. The molecule has 2 heterocycles. The molecule has 1 atom stereocenters. The Bertz CT molecular complexity index is 587. The summed E-state index contributed by atoms with van der Waals surface area (Å²) >= 11 is 0. The van der Waals surface area contributed by atoms with Crippen LogP contribution in [0.5, 0.6) is 11.6 Å². The van der Waals surface area contributed by atoms with Gasteiger partial charge in [-0.2, -0.15) is 0 Å². The molecular formula is C13H12FN3O2. The number of nitrogens with two attached hydrogens (primary N) is 1. The minimum atomic E-state index is -0.558. The highest BCUT2D eigenvalue weighted by molar-refractivity contribution is 5.80. The number of ether oxygens (including phenoxy) is 1. The molecule has 2 aromatic heterocycles. The smallest absolute Gasteiger partial charge is 0.255 e. The van der Waals surface area contributed by atoms with Gasteiger partial charge in [-0.05, 0) is 31.2 Å². The molecule has 0 aliphatic rings. The molecule has 0 radical (unpaired) electrons. The maximum Gasteiger partial charge on any atom is 0.255 e. The number of nitrogens with zero attached hydrogens (tertiary/aromatic N) is 2. The average Bonchev–Trinajstić information content (AvgIpc) is 2.41. The Morgan fingerprint density at radius 2 is 2.16 bits per heavy atom. The van der Waals surface area contributed by atoms with E-state index in [2.05, 4.69) is 9.97 Å². The Hall–Kier alpha value is -2.50. The number of carbonyl (C=O) groups is 1. The molecule has 5 nitrogen and oxygen atoms in total. The lowest BCUT2D eigenvalue weighted by Gasteiger charge is -2.08. The van der Waals surface area contributed by atoms with E-state index in [4.69, 9.17) is 10.5 Å². The highest BCUT2D eigenvalue weighted by Gasteiger charge is 2.13. The molecule has 1 amide bonds. The molecule has 6 heteroatoms. The van der Waals surface area contributed by atoms with E-state index in [0.717, 1.165) is 0 Å². The lowest BCUT2D eigenvalue weighted by molar-refractivity contribution is -0.119. The monoisotopic (exact) mass is 261 g/mol. The van der Waals surface area contributed by atoms with Crippen LogP contribution in [0.2, 0.25) is 0 Å². The fourth-order valence-electron chi connectivity index (χ4n) is 1.41. The highest BCUT2D eigenvalue weighted by Crippen LogP contribution is 2.22. The molecule has 0 saturated carbocycles. The molecule has 0 aromatic carbocycles. The normalized spacial score (nSPS) is 11.9. The summed E-state index contributed by atoms with van der Waals surface area (Å²) in [6.45, 7) is 1.66. The van der Waals surface area contributed by atoms with Gasteiger partial charge in [-0.1, -0.05) is 0 Å². The minimum absolute atomic E-state index is 0.125. The topological polar surface area (TPSA) is 78.1 Å². The molecule has 0 aliphatic heterocycles. The Kier molecular flexibility index (Phi) is 3.70. The summed E-state index contributed by atoms with van der Waals surface area (Å²) < 4.78 is 18.6. The van der Waals surface area contributed by atoms with Crippen LogP contribution in [0.1, 0.15) is 18.5 Å². The third-order valence-corrected chi connectivity index (χ3v) is 2.57. The van der Waals surface area contributed by atoms with Crippen molar-refractivity contribution >= 4 is 5.91 Å². The van der Waals surface area contributed by atoms with Crippen LogP contribution in [0.3, 0.4) is 0 Å². The van der Waals surface area contributed by atoms with Gasteiger partial charge in [0, 0.05) is 6.20 Å². The summed E-state index contributed by atoms with van der Waals surface area (Å²) in [5.74, 6) is -1.30. The maximum atomic E-state index is 13.3. The number of aromatic nitrogens is 2. The van der Waals surface area contributed by atoms with Gasteiger partial charge in [-0.3, -0.25) is 9.78 Å². The molecule has 1 unspecified atom stereocenters. The zero-order chi connectivity index (χ0) is 13.8. The van der Waals surface area contributed by atoms with Crippen LogP contribution in [-0.2, 0) is 4.79 Å². The standard InChI is InChI=1S/C13H12FN3O2/c1-8(12(15)18)11-5-4-9(7-17-11)19-13-10(14)3-2-6-16-13/h2-8H,1H3,(H2,15,18). The number of pyridine rings is 2. The predicted molar refractivity (Wildman–Crippen MR) is 66.1 cm³/mol. The zero-order valence-electron chi connectivity index (χ0n) is 10.2. The quantitative estimate of drug-likeness (QED) is 0.913. The van der Waals surface area contributed by atoms with Gasteiger partial charge in [0.1, 0.15) is 5.75 Å². The Labute approximate surface area is 109 Å². The second kappa shape index (κ2) is 5.43. The van der Waals surface area contributed by atoms with Gasteiger partial charge in [-0.15, -0.1) is 0 Å². The third-order valence-electron chi connectivity index (χ3n) is 2.57. The van der Waals surface area contributed by atoms with E-state index in [1.54, 1.807) is 19.1 Å². The van der Waals surface area contributed by atoms with Crippen LogP contribution in [-0.4, -0.2) is 15.9 Å². The molecule has 2 rings (SSSR count). The zero-order valence-corrected chi connectivity index (χ0v) is 10.2. The van der Waals surface area contributed by atoms with Crippen LogP contribution in [0.15, 0.2) is 36.7 Å². The van der Waals surface area contributed by atoms with Gasteiger partial charge < -0.3 is 10.5 Å². The van der Waals surface area contributed by atoms with Crippen molar-refractivity contribution in [3.05, 3.63) is 48.2 Å². The van der Waals surface area contributed by atoms with Gasteiger partial charge in [0.15, 0.2) is 5.82 Å². The van der Waals surface area contributed by atoms with E-state index in [1.165, 1.54) is 24.5 Å². The molecular weight excluding hydrogens is 249 g/mol. The van der Waals surface area contributed by atoms with Crippen LogP contribution < -0.4 is 10.5 Å². The molecule has 19 heavy (non-hydrogen) atoms. The van der Waals surface area contributed by atoms with Crippen LogP contribution in [0.25, 0.3) is 0 Å². The summed E-state index contributed by atoms with van der Waals surface area (Å²) in [7, 11) is 0. The lowest BCUT2D eigenvalue weighted by atomic mass is 10.1. The van der Waals surface area contributed by atoms with Crippen molar-refractivity contribution in [2.75, 3.05) is 0 Å². The molecule has 2 aromatic rings. The van der Waals surface area contributed by atoms with Gasteiger partial charge in [0.2, 0.25) is 5.91 Å². The molecule has 0 bridgehead atoms. The molecule has 0 aliphatic carbocycles. The first-order valence-corrected chi connectivity index (χ1v) is 5.61. The van der Waals surface area contributed by atoms with E-state index in [0.29, 0.717) is 11.4 Å². The van der Waals surface area contributed by atoms with Gasteiger partial charge >= 0.3 is 0 Å². The first-order valence-electron chi connectivity index (χ1n) is 5.61. The first-order chi connectivity index (χ1) is 9.08. The van der Waals surface area contributed by atoms with Gasteiger partial charge in [0.05, 0.1) is 17.8 Å². The van der Waals surface area contributed by atoms with Gasteiger partial charge in [-0.25, -0.2) is 9.37 Å². The Morgan fingerprint density at radius 1 is 1.37 bits per heavy atom. The number of amides is 1. The Balaban J connectivity index is 2.15. The second-order valence-electron chi connectivity index (χ2n) is 3.94. The minimum Gasteiger partial charge on any atom is -0.435 e. The van der Waals surface area contributed by atoms with Crippen molar-refractivity contribution in [3.63, 3.8) is 0 Å². The maximum absolute atomic E-state index is 13.3. The summed E-state index contributed by atoms with van der Waals surface area (Å²) in [5, 5.41) is 0. The van der Waals surface area contributed by atoms with E-state index < -0.39 is 17.6 Å². The number of hydrogen-bond acceptors (Lipinski definition) is 4. The van der Waals surface area contributed by atoms with Crippen molar-refractivity contribution in [2.45, 2.75) is 12.8 Å². The van der Waals surface area contributed by atoms with Crippen molar-refractivity contribution in [1.82, 2.24) is 9.97 Å². The number of halogens is 1. The van der Waals surface area contributed by atoms with E-state index >= 15 is 0 Å². The average molecular weight is 261 g/mol. The molecule has 98 valence electrons. The van der Waals surface area contributed by atoms with E-state index in [9.17, 15) is 9.18 Å². The lowest BCUT2D eigenvalue weighted by Crippen LogP contribution is -2.19. The molecule has 0 spiro atoms. The predicted octanol–water partition coefficient (Wildman–Crippen LogP) is 2.00. The van der Waals surface area contributed by atoms with E-state index in [-0.39, 0.29) is 5.88 Å². The van der Waals surface area contributed by atoms with Crippen LogP contribution in [0, 0.1) is 5.82 Å². The summed E-state index contributed by atoms with van der Waals surface area (Å²) in [5.41, 5.74) is 5.71. The van der Waals surface area contributed by atoms with Crippen molar-refractivity contribution < 1.29 is 13.9 Å². The molecule has 0 saturated heterocycles. The summed E-state index contributed by atoms with van der Waals surface area (Å²) in [6, 6.07) is 5.90. The Morgan fingerprint density at radius 3 is 2.74 bits per heavy atom. The number of hydrogen-bond donors (Lipinski definition) is 1. The SMILES string of the molecule is CC(C(N)=O)c1ccc(Oc2ncccc2F)cn1. The fraction of sp³-hybridized carbons (Fsp3) is 0.154. The van der Waals surface area contributed by atoms with Crippen molar-refractivity contribution in [1.29, 1.82) is 0 Å². The summed E-state index contributed by atoms with van der Waals surface area (Å²) in [6.07, 6.45) is 2.82. The first kappa shape index (κ1) is 12.9. The number of primary amides is 1. The van der Waals surface area contributed by atoms with Crippen LogP contribution >= 0.6 is 0 Å².